The zero-order valence-corrected chi connectivity index (χ0v) is 25.6. The van der Waals surface area contributed by atoms with Gasteiger partial charge in [0.25, 0.3) is 0 Å². The fourth-order valence-electron chi connectivity index (χ4n) is 2.70. The minimum absolute atomic E-state index is 0.0197. The maximum absolute atomic E-state index is 10.6. The molecule has 42 heavy (non-hydrogen) atoms. The first-order chi connectivity index (χ1) is 20.7. The summed E-state index contributed by atoms with van der Waals surface area (Å²) in [5.41, 5.74) is -0.950. The fourth-order valence-corrected chi connectivity index (χ4v) is 2.80. The van der Waals surface area contributed by atoms with Gasteiger partial charge in [0.05, 0.1) is 145 Å². The van der Waals surface area contributed by atoms with E-state index in [-0.39, 0.29) is 13.2 Å². The van der Waals surface area contributed by atoms with Crippen LogP contribution in [-0.4, -0.2) is 176 Å². The van der Waals surface area contributed by atoms with E-state index in [0.29, 0.717) is 139 Å². The van der Waals surface area contributed by atoms with E-state index in [1.54, 1.807) is 0 Å². The Morgan fingerprint density at radius 3 is 0.929 bits per heavy atom. The predicted octanol–water partition coefficient (Wildman–Crippen LogP) is 0.509. The van der Waals surface area contributed by atoms with E-state index < -0.39 is 11.7 Å². The number of hydrogen-bond donors (Lipinski definition) is 1. The van der Waals surface area contributed by atoms with Crippen molar-refractivity contribution < 1.29 is 71.5 Å². The average Bonchev–Trinajstić information content (AvgIpc) is 2.98. The summed E-state index contributed by atoms with van der Waals surface area (Å²) in [6.45, 7) is 9.71. The van der Waals surface area contributed by atoms with Gasteiger partial charge >= 0.3 is 5.43 Å². The van der Waals surface area contributed by atoms with Crippen LogP contribution >= 0.6 is 11.6 Å². The number of methoxy groups -OCH3 is 1. The van der Waals surface area contributed by atoms with Crippen LogP contribution in [0.3, 0.4) is 0 Å². The fraction of sp³-hybridized carbons (Fsp3) is 0.962. The summed E-state index contributed by atoms with van der Waals surface area (Å²) in [5, 5.41) is 8.56. The van der Waals surface area contributed by atoms with Gasteiger partial charge in [0.15, 0.2) is 0 Å². The molecule has 1 unspecified atom stereocenters. The molecular weight excluding hydrogens is 588 g/mol. The first-order valence-corrected chi connectivity index (χ1v) is 14.4. The van der Waals surface area contributed by atoms with E-state index in [1.165, 1.54) is 7.11 Å². The Morgan fingerprint density at radius 1 is 0.476 bits per heavy atom. The molecule has 0 amide bonds. The van der Waals surface area contributed by atoms with Gasteiger partial charge < -0.3 is 66.7 Å². The Hall–Kier alpha value is -0.760. The molecule has 16 heteroatoms. The molecular formula is C26H51ClO15. The van der Waals surface area contributed by atoms with Crippen LogP contribution in [0.1, 0.15) is 0 Å². The lowest BCUT2D eigenvalue weighted by atomic mass is 10.6. The highest BCUT2D eigenvalue weighted by Crippen LogP contribution is 1.98. The van der Waals surface area contributed by atoms with E-state index >= 15 is 0 Å². The lowest BCUT2D eigenvalue weighted by Crippen LogP contribution is -2.24. The van der Waals surface area contributed by atoms with Gasteiger partial charge in [-0.1, -0.05) is 0 Å². The highest BCUT2D eigenvalue weighted by atomic mass is 35.5. The van der Waals surface area contributed by atoms with Crippen LogP contribution in [0.5, 0.6) is 0 Å². The monoisotopic (exact) mass is 638 g/mol. The highest BCUT2D eigenvalue weighted by Gasteiger charge is 2.11. The number of aliphatic hydroxyl groups is 1. The molecule has 252 valence electrons. The number of carbonyl (C=O) groups excluding carboxylic acids is 1. The largest absolute Gasteiger partial charge is 0.421 e. The molecule has 1 atom stereocenters. The van der Waals surface area contributed by atoms with Crippen LogP contribution in [0.25, 0.3) is 0 Å². The molecule has 0 aliphatic carbocycles. The van der Waals surface area contributed by atoms with E-state index in [4.69, 9.17) is 73.5 Å². The maximum Gasteiger partial charge on any atom is 0.406 e. The Kier molecular flexibility index (Phi) is 35.8. The van der Waals surface area contributed by atoms with E-state index in [2.05, 4.69) is 4.74 Å². The van der Waals surface area contributed by atoms with Crippen molar-refractivity contribution in [2.75, 3.05) is 159 Å². The number of carbonyl (C=O) groups is 1. The van der Waals surface area contributed by atoms with E-state index in [9.17, 15) is 4.79 Å². The number of halogens is 1. The standard InChI is InChI=1S/C26H51ClO15/c1-30-25(42-26(27)29)24-41-23-22-40-21-20-39-19-18-38-17-16-37-15-14-36-13-12-35-11-10-34-9-8-33-7-6-32-5-4-31-3-2-28/h25,28H,2-24H2,1H3. The molecule has 0 aromatic heterocycles. The molecule has 0 rings (SSSR count). The van der Waals surface area contributed by atoms with E-state index in [1.807, 2.05) is 0 Å². The molecule has 0 fully saturated rings. The molecule has 0 aliphatic heterocycles. The molecule has 0 radical (unpaired) electrons. The van der Waals surface area contributed by atoms with Gasteiger partial charge in [0, 0.05) is 18.7 Å². The molecule has 0 aromatic rings. The Bertz CT molecular complexity index is 536. The third-order valence-electron chi connectivity index (χ3n) is 4.70. The Balaban J connectivity index is 3.10. The highest BCUT2D eigenvalue weighted by molar-refractivity contribution is 6.61. The van der Waals surface area contributed by atoms with Crippen LogP contribution in [0.4, 0.5) is 4.79 Å². The maximum atomic E-state index is 10.6. The quantitative estimate of drug-likeness (QED) is 0.0574. The van der Waals surface area contributed by atoms with Gasteiger partial charge in [-0.05, 0) is 0 Å². The third-order valence-corrected chi connectivity index (χ3v) is 4.79. The second-order valence-corrected chi connectivity index (χ2v) is 8.25. The molecule has 0 heterocycles. The first-order valence-electron chi connectivity index (χ1n) is 14.1. The van der Waals surface area contributed by atoms with Crippen LogP contribution < -0.4 is 0 Å². The minimum Gasteiger partial charge on any atom is -0.421 e. The van der Waals surface area contributed by atoms with Crippen LogP contribution in [0.2, 0.25) is 0 Å². The number of rotatable bonds is 36. The molecule has 0 aromatic carbocycles. The van der Waals surface area contributed by atoms with Crippen molar-refractivity contribution in [3.63, 3.8) is 0 Å². The summed E-state index contributed by atoms with van der Waals surface area (Å²) < 4.78 is 68.5. The molecule has 0 saturated heterocycles. The summed E-state index contributed by atoms with van der Waals surface area (Å²) in [6, 6.07) is 0. The summed E-state index contributed by atoms with van der Waals surface area (Å²) in [4.78, 5) is 10.6. The van der Waals surface area contributed by atoms with Crippen LogP contribution in [-0.2, 0) is 61.6 Å². The van der Waals surface area contributed by atoms with Gasteiger partial charge in [0.2, 0.25) is 6.29 Å². The number of hydrogen-bond acceptors (Lipinski definition) is 15. The average molecular weight is 639 g/mol. The van der Waals surface area contributed by atoms with Crippen LogP contribution in [0.15, 0.2) is 0 Å². The third kappa shape index (κ3) is 35.4. The minimum atomic E-state index is -0.950. The van der Waals surface area contributed by atoms with Gasteiger partial charge in [0.1, 0.15) is 6.61 Å². The van der Waals surface area contributed by atoms with Gasteiger partial charge in [-0.15, -0.1) is 0 Å². The Morgan fingerprint density at radius 2 is 0.714 bits per heavy atom. The molecule has 15 nitrogen and oxygen atoms in total. The van der Waals surface area contributed by atoms with Crippen molar-refractivity contribution in [2.45, 2.75) is 6.29 Å². The predicted molar refractivity (Wildman–Crippen MR) is 149 cm³/mol. The zero-order chi connectivity index (χ0) is 30.6. The second-order valence-electron chi connectivity index (χ2n) is 7.94. The molecule has 0 spiro atoms. The smallest absolute Gasteiger partial charge is 0.406 e. The molecule has 1 N–H and O–H groups in total. The number of aliphatic hydroxyl groups excluding tert-OH is 1. The van der Waals surface area contributed by atoms with Crippen molar-refractivity contribution in [1.29, 1.82) is 0 Å². The van der Waals surface area contributed by atoms with Crippen molar-refractivity contribution in [3.8, 4) is 0 Å². The van der Waals surface area contributed by atoms with Crippen molar-refractivity contribution >= 4 is 17.0 Å². The molecule has 0 bridgehead atoms. The van der Waals surface area contributed by atoms with Gasteiger partial charge in [-0.3, -0.25) is 0 Å². The van der Waals surface area contributed by atoms with E-state index in [0.717, 1.165) is 0 Å². The SMILES string of the molecule is COC(COCCOCCOCCOCCOCCOCCOCCOCCOCCOCCOCCO)OC(=O)Cl. The Labute approximate surface area is 254 Å². The summed E-state index contributed by atoms with van der Waals surface area (Å²) in [5.74, 6) is 0. The van der Waals surface area contributed by atoms with Crippen molar-refractivity contribution in [3.05, 3.63) is 0 Å². The van der Waals surface area contributed by atoms with Gasteiger partial charge in [-0.2, -0.15) is 0 Å². The van der Waals surface area contributed by atoms with Crippen molar-refractivity contribution in [1.82, 2.24) is 0 Å². The molecule has 0 aliphatic rings. The molecule has 0 saturated carbocycles. The second kappa shape index (κ2) is 36.4. The first kappa shape index (κ1) is 41.2. The van der Waals surface area contributed by atoms with Gasteiger partial charge in [-0.25, -0.2) is 4.79 Å². The topological polar surface area (TPSA) is 157 Å². The lowest BCUT2D eigenvalue weighted by molar-refractivity contribution is -0.121. The lowest BCUT2D eigenvalue weighted by Gasteiger charge is -2.14. The summed E-state index contributed by atoms with van der Waals surface area (Å²) in [6.07, 6.45) is -0.842. The van der Waals surface area contributed by atoms with Crippen LogP contribution in [0, 0.1) is 0 Å². The summed E-state index contributed by atoms with van der Waals surface area (Å²) in [7, 11) is 1.38. The number of ether oxygens (including phenoxy) is 13. The van der Waals surface area contributed by atoms with Crippen molar-refractivity contribution in [2.24, 2.45) is 0 Å². The normalized spacial score (nSPS) is 12.2. The zero-order valence-electron chi connectivity index (χ0n) is 24.9. The summed E-state index contributed by atoms with van der Waals surface area (Å²) >= 11 is 5.11.